The molecule has 0 heterocycles. The maximum atomic E-state index is 4.98. The van der Waals surface area contributed by atoms with Crippen molar-refractivity contribution in [3.8, 4) is 0 Å². The van der Waals surface area contributed by atoms with Crippen LogP contribution in [-0.2, 0) is 25.3 Å². The van der Waals surface area contributed by atoms with Crippen LogP contribution in [0.1, 0.15) is 60.3 Å². The number of thioether (sulfide) groups is 1. The van der Waals surface area contributed by atoms with Crippen LogP contribution in [0.2, 0.25) is 9.88 Å². The van der Waals surface area contributed by atoms with Crippen LogP contribution >= 0.6 is 48.4 Å². The molecule has 0 bridgehead atoms. The molecule has 0 fully saturated rings. The van der Waals surface area contributed by atoms with Gasteiger partial charge in [0.25, 0.3) is 0 Å². The van der Waals surface area contributed by atoms with Crippen molar-refractivity contribution in [1.29, 1.82) is 0 Å². The van der Waals surface area contributed by atoms with Gasteiger partial charge in [0.2, 0.25) is 0 Å². The summed E-state index contributed by atoms with van der Waals surface area (Å²) in [6, 6.07) is 0. The molecule has 0 saturated heterocycles. The van der Waals surface area contributed by atoms with Gasteiger partial charge < -0.3 is 49.7 Å². The van der Waals surface area contributed by atoms with Gasteiger partial charge in [-0.25, -0.2) is 0 Å². The minimum atomic E-state index is 0.230. The summed E-state index contributed by atoms with van der Waals surface area (Å²) in [5.41, 5.74) is 0. The quantitative estimate of drug-likeness (QED) is 0.157. The molecule has 0 nitrogen and oxygen atoms in total. The van der Waals surface area contributed by atoms with E-state index in [-0.39, 0.29) is 21.1 Å². The van der Waals surface area contributed by atoms with E-state index in [0.717, 1.165) is 10.1 Å². The van der Waals surface area contributed by atoms with Gasteiger partial charge in [0.05, 0.1) is 0 Å². The van der Waals surface area contributed by atoms with Crippen LogP contribution in [0.3, 0.4) is 0 Å². The second kappa shape index (κ2) is 28.7. The van der Waals surface area contributed by atoms with Crippen molar-refractivity contribution in [3.63, 3.8) is 0 Å². The van der Waals surface area contributed by atoms with Gasteiger partial charge in [-0.15, -0.1) is 11.8 Å². The number of hydrogen-bond acceptors (Lipinski definition) is 6. The van der Waals surface area contributed by atoms with Gasteiger partial charge in [-0.1, -0.05) is 59.2 Å². The van der Waals surface area contributed by atoms with Crippen molar-refractivity contribution in [2.75, 3.05) is 5.75 Å². The molecule has 23 heavy (non-hydrogen) atoms. The summed E-state index contributed by atoms with van der Waals surface area (Å²) in [7, 11) is 0. The van der Waals surface area contributed by atoms with E-state index in [9.17, 15) is 0 Å². The normalized spacial score (nSPS) is 8.17. The van der Waals surface area contributed by atoms with Crippen molar-refractivity contribution >= 4 is 107 Å². The van der Waals surface area contributed by atoms with Crippen molar-refractivity contribution in [2.24, 2.45) is 5.92 Å². The fourth-order valence-electron chi connectivity index (χ4n) is 1.05. The van der Waals surface area contributed by atoms with Gasteiger partial charge in [-0.2, -0.15) is 8.39 Å². The Morgan fingerprint density at radius 3 is 1.52 bits per heavy atom. The van der Waals surface area contributed by atoms with Crippen LogP contribution in [0.4, 0.5) is 0 Å². The third-order valence-corrected chi connectivity index (χ3v) is 2.98. The molecular weight excluding hydrogens is 503 g/mol. The third kappa shape index (κ3) is 96.7. The molecule has 0 rings (SSSR count). The molecule has 0 unspecified atom stereocenters. The first kappa shape index (κ1) is 32.5. The van der Waals surface area contributed by atoms with Gasteiger partial charge in [0.1, 0.15) is 0 Å². The summed E-state index contributed by atoms with van der Waals surface area (Å²) >= 11 is 24.4. The van der Waals surface area contributed by atoms with Crippen molar-refractivity contribution in [1.82, 2.24) is 0 Å². The first-order chi connectivity index (χ1) is 10.5. The Kier molecular flexibility index (Phi) is 40.5. The van der Waals surface area contributed by atoms with Crippen molar-refractivity contribution in [2.45, 2.75) is 70.2 Å². The standard InChI is InChI=1S/C10H20S2.2C2H4S2.2CH3.Sn/c1-9(2)7-5-4-6-8-12-10(3)11;2*1-2(3)4;;;/h9H,4-8H2,1-3H3;2*1H3,(H,3,4);2*1H3;/q;;;;;+2/p-2. The number of hydrogen-bond donors (Lipinski definition) is 0. The molecule has 7 heteroatoms. The summed E-state index contributed by atoms with van der Waals surface area (Å²) in [5.74, 6) is 2.08. The van der Waals surface area contributed by atoms with E-state index >= 15 is 0 Å². The van der Waals surface area contributed by atoms with Crippen LogP contribution in [0.5, 0.6) is 0 Å². The third-order valence-electron chi connectivity index (χ3n) is 1.73. The van der Waals surface area contributed by atoms with E-state index < -0.39 is 0 Å². The molecule has 136 valence electrons. The Morgan fingerprint density at radius 1 is 0.913 bits per heavy atom. The van der Waals surface area contributed by atoms with Crippen LogP contribution in [0, 0.1) is 5.92 Å². The fraction of sp³-hybridized carbons (Fsp3) is 0.812. The summed E-state index contributed by atoms with van der Waals surface area (Å²) < 4.78 is 2.25. The van der Waals surface area contributed by atoms with Crippen molar-refractivity contribution < 1.29 is 0 Å². The predicted molar refractivity (Wildman–Crippen MR) is 133 cm³/mol. The van der Waals surface area contributed by atoms with Gasteiger partial charge in [-0.05, 0) is 25.0 Å². The second-order valence-corrected chi connectivity index (χ2v) is 13.1. The molecule has 0 radical (unpaired) electrons. The van der Waals surface area contributed by atoms with E-state index in [1.54, 1.807) is 13.8 Å². The zero-order chi connectivity index (χ0) is 19.3. The maximum absolute atomic E-state index is 4.98. The fourth-order valence-corrected chi connectivity index (χ4v) is 1.93. The zero-order valence-corrected chi connectivity index (χ0v) is 23.3. The van der Waals surface area contributed by atoms with E-state index in [4.69, 9.17) is 12.2 Å². The number of rotatable bonds is 6. The van der Waals surface area contributed by atoms with Gasteiger partial charge >= 0.3 is 31.0 Å². The van der Waals surface area contributed by atoms with Crippen LogP contribution in [0.25, 0.3) is 0 Å². The average Bonchev–Trinajstić information content (AvgIpc) is 2.32. The van der Waals surface area contributed by atoms with Gasteiger partial charge in [-0.3, -0.25) is 0 Å². The molecule has 0 aromatic rings. The van der Waals surface area contributed by atoms with Crippen LogP contribution < -0.4 is 0 Å². The summed E-state index contributed by atoms with van der Waals surface area (Å²) in [4.78, 5) is 4.59. The van der Waals surface area contributed by atoms with E-state index in [1.165, 1.54) is 31.4 Å². The Hall–Kier alpha value is 1.86. The first-order valence-electron chi connectivity index (χ1n) is 7.58. The topological polar surface area (TPSA) is 0 Å². The van der Waals surface area contributed by atoms with Crippen LogP contribution in [-0.4, -0.2) is 39.5 Å². The predicted octanol–water partition coefficient (Wildman–Crippen LogP) is 6.83. The molecule has 0 aliphatic rings. The Balaban J connectivity index is -0.000000134. The van der Waals surface area contributed by atoms with E-state index in [0.29, 0.717) is 8.39 Å². The average molecular weight is 536 g/mol. The second-order valence-electron chi connectivity index (χ2n) is 5.07. The van der Waals surface area contributed by atoms with Gasteiger partial charge in [0.15, 0.2) is 0 Å². The van der Waals surface area contributed by atoms with Gasteiger partial charge in [0, 0.05) is 4.20 Å². The summed E-state index contributed by atoms with van der Waals surface area (Å²) in [6.07, 6.45) is 5.45. The minimum absolute atomic E-state index is 0.230. The Labute approximate surface area is 187 Å². The van der Waals surface area contributed by atoms with E-state index in [1.807, 2.05) is 18.7 Å². The molecule has 0 atom stereocenters. The van der Waals surface area contributed by atoms with Crippen LogP contribution in [0.15, 0.2) is 0 Å². The SMILES string of the molecule is CC(=S)SCCCCCC(C)C.CC(=S)[S-].CC(=S)[S-].[CH3][Sn+2][CH3]. The molecule has 0 spiro atoms. The molecular formula is C16H32S6Sn. The monoisotopic (exact) mass is 536 g/mol. The Morgan fingerprint density at radius 2 is 1.26 bits per heavy atom. The van der Waals surface area contributed by atoms with Crippen molar-refractivity contribution in [3.05, 3.63) is 0 Å². The number of unbranched alkanes of at least 4 members (excludes halogenated alkanes) is 2. The first-order valence-corrected chi connectivity index (χ1v) is 16.3. The Bertz CT molecular complexity index is 260. The molecule has 0 aromatic heterocycles. The molecule has 0 aliphatic carbocycles. The molecule has 0 saturated carbocycles. The van der Waals surface area contributed by atoms with E-state index in [2.05, 4.69) is 73.4 Å². The summed E-state index contributed by atoms with van der Waals surface area (Å²) in [6.45, 7) is 10.0. The summed E-state index contributed by atoms with van der Waals surface area (Å²) in [5, 5.41) is 0. The number of thiocarbonyl (C=S) groups is 3. The molecule has 0 aliphatic heterocycles. The molecule has 0 aromatic carbocycles. The zero-order valence-electron chi connectivity index (χ0n) is 15.6. The molecule has 0 N–H and O–H groups in total. The molecule has 0 amide bonds.